The predicted octanol–water partition coefficient (Wildman–Crippen LogP) is 6.51. The lowest BCUT2D eigenvalue weighted by atomic mass is 10.0. The molecule has 0 saturated carbocycles. The molecule has 10 nitrogen and oxygen atoms in total. The highest BCUT2D eigenvalue weighted by atomic mass is 35.5. The number of nitrogens with one attached hydrogen (secondary N) is 1. The van der Waals surface area contributed by atoms with Gasteiger partial charge in [0.15, 0.2) is 0 Å². The van der Waals surface area contributed by atoms with Crippen molar-refractivity contribution in [2.24, 2.45) is 0 Å². The van der Waals surface area contributed by atoms with Crippen molar-refractivity contribution in [2.45, 2.75) is 16.7 Å². The van der Waals surface area contributed by atoms with Gasteiger partial charge in [-0.15, -0.1) is 0 Å². The molecular weight excluding hydrogens is 534 g/mol. The van der Waals surface area contributed by atoms with Crippen LogP contribution in [0.15, 0.2) is 87.4 Å². The number of hydrogen-bond acceptors (Lipinski definition) is 8. The van der Waals surface area contributed by atoms with E-state index in [1.54, 1.807) is 37.3 Å². The van der Waals surface area contributed by atoms with E-state index in [0.29, 0.717) is 15.5 Å². The predicted molar refractivity (Wildman–Crippen MR) is 143 cm³/mol. The van der Waals surface area contributed by atoms with Gasteiger partial charge >= 0.3 is 5.97 Å². The number of non-ortho nitro benzene ring substituents is 2. The van der Waals surface area contributed by atoms with E-state index in [4.69, 9.17) is 16.3 Å². The van der Waals surface area contributed by atoms with Gasteiger partial charge in [0.2, 0.25) is 5.43 Å². The monoisotopic (exact) mass is 551 g/mol. The molecule has 0 atom stereocenters. The number of aromatic amines is 1. The van der Waals surface area contributed by atoms with Gasteiger partial charge in [-0.2, -0.15) is 0 Å². The van der Waals surface area contributed by atoms with E-state index >= 15 is 0 Å². The molecule has 0 amide bonds. The van der Waals surface area contributed by atoms with E-state index in [-0.39, 0.29) is 45.4 Å². The minimum Gasteiger partial charge on any atom is -0.462 e. The molecule has 0 spiro atoms. The van der Waals surface area contributed by atoms with E-state index in [1.165, 1.54) is 42.5 Å². The first-order chi connectivity index (χ1) is 18.2. The standard InChI is InChI=1S/C26H18ClN3O7S/c1-2-37-26(32)21-22(15-5-3-7-18(13-15)29(33)34)28-23(16-6-4-8-19(14-16)30(35)36)25(24(21)31)38-20-11-9-17(27)10-12-20/h3-14H,2H2,1H3,(H,28,31). The maximum absolute atomic E-state index is 13.9. The van der Waals surface area contributed by atoms with Crippen LogP contribution in [0.4, 0.5) is 11.4 Å². The third kappa shape index (κ3) is 5.58. The van der Waals surface area contributed by atoms with Crippen LogP contribution in [0.5, 0.6) is 0 Å². The largest absolute Gasteiger partial charge is 0.462 e. The summed E-state index contributed by atoms with van der Waals surface area (Å²) in [5.41, 5.74) is -0.855. The first-order valence-corrected chi connectivity index (χ1v) is 12.3. The molecule has 0 aliphatic carbocycles. The van der Waals surface area contributed by atoms with Gasteiger partial charge in [-0.1, -0.05) is 47.6 Å². The van der Waals surface area contributed by atoms with Crippen LogP contribution in [0, 0.1) is 20.2 Å². The van der Waals surface area contributed by atoms with Gasteiger partial charge in [-0.25, -0.2) is 4.79 Å². The topological polar surface area (TPSA) is 145 Å². The number of aromatic nitrogens is 1. The molecule has 12 heteroatoms. The van der Waals surface area contributed by atoms with Gasteiger partial charge in [-0.3, -0.25) is 25.0 Å². The van der Waals surface area contributed by atoms with E-state index < -0.39 is 21.2 Å². The van der Waals surface area contributed by atoms with Gasteiger partial charge in [0, 0.05) is 45.3 Å². The minimum atomic E-state index is -0.918. The lowest BCUT2D eigenvalue weighted by Crippen LogP contribution is -2.22. The Morgan fingerprint density at radius 2 is 1.47 bits per heavy atom. The third-order valence-corrected chi connectivity index (χ3v) is 6.72. The highest BCUT2D eigenvalue weighted by Gasteiger charge is 2.27. The molecule has 0 fully saturated rings. The number of nitro groups is 2. The number of carbonyl (C=O) groups is 1. The van der Waals surface area contributed by atoms with E-state index in [0.717, 1.165) is 11.8 Å². The van der Waals surface area contributed by atoms with Crippen LogP contribution in [0.3, 0.4) is 0 Å². The average Bonchev–Trinajstić information content (AvgIpc) is 2.91. The number of nitro benzene ring substituents is 2. The maximum atomic E-state index is 13.9. The zero-order valence-corrected chi connectivity index (χ0v) is 21.2. The van der Waals surface area contributed by atoms with Crippen molar-refractivity contribution in [1.82, 2.24) is 4.98 Å². The summed E-state index contributed by atoms with van der Waals surface area (Å²) in [6.07, 6.45) is 0. The fourth-order valence-electron chi connectivity index (χ4n) is 3.67. The molecule has 4 aromatic rings. The van der Waals surface area contributed by atoms with Crippen molar-refractivity contribution in [2.75, 3.05) is 6.61 Å². The summed E-state index contributed by atoms with van der Waals surface area (Å²) in [4.78, 5) is 52.4. The lowest BCUT2D eigenvalue weighted by molar-refractivity contribution is -0.385. The Morgan fingerprint density at radius 3 is 2.00 bits per heavy atom. The molecule has 1 aromatic heterocycles. The van der Waals surface area contributed by atoms with Crippen molar-refractivity contribution >= 4 is 40.7 Å². The van der Waals surface area contributed by atoms with Gasteiger partial charge in [0.25, 0.3) is 11.4 Å². The van der Waals surface area contributed by atoms with E-state index in [1.807, 2.05) is 0 Å². The van der Waals surface area contributed by atoms with Gasteiger partial charge in [0.1, 0.15) is 5.56 Å². The van der Waals surface area contributed by atoms with Crippen LogP contribution in [0.2, 0.25) is 5.02 Å². The molecule has 38 heavy (non-hydrogen) atoms. The molecule has 0 saturated heterocycles. The summed E-state index contributed by atoms with van der Waals surface area (Å²) < 4.78 is 5.16. The number of rotatable bonds is 8. The van der Waals surface area contributed by atoms with Crippen LogP contribution in [-0.2, 0) is 4.74 Å². The molecule has 1 N–H and O–H groups in total. The maximum Gasteiger partial charge on any atom is 0.344 e. The molecule has 0 radical (unpaired) electrons. The Balaban J connectivity index is 2.06. The number of benzene rings is 3. The second-order valence-electron chi connectivity index (χ2n) is 7.80. The quantitative estimate of drug-likeness (QED) is 0.148. The fourth-order valence-corrected chi connectivity index (χ4v) is 4.77. The van der Waals surface area contributed by atoms with E-state index in [2.05, 4.69) is 4.98 Å². The number of pyridine rings is 1. The summed E-state index contributed by atoms with van der Waals surface area (Å²) in [6.45, 7) is 1.57. The second-order valence-corrected chi connectivity index (χ2v) is 9.32. The summed E-state index contributed by atoms with van der Waals surface area (Å²) in [7, 11) is 0. The average molecular weight is 552 g/mol. The van der Waals surface area contributed by atoms with Crippen LogP contribution in [0.25, 0.3) is 22.5 Å². The number of carbonyl (C=O) groups excluding carboxylic acids is 1. The summed E-state index contributed by atoms with van der Waals surface area (Å²) in [5.74, 6) is -0.918. The molecular formula is C26H18ClN3O7S. The number of H-pyrrole nitrogens is 1. The number of ether oxygens (including phenoxy) is 1. The molecule has 192 valence electrons. The van der Waals surface area contributed by atoms with E-state index in [9.17, 15) is 29.8 Å². The van der Waals surface area contributed by atoms with Crippen LogP contribution in [0.1, 0.15) is 17.3 Å². The smallest absolute Gasteiger partial charge is 0.344 e. The van der Waals surface area contributed by atoms with Crippen molar-refractivity contribution in [3.8, 4) is 22.5 Å². The van der Waals surface area contributed by atoms with Gasteiger partial charge in [-0.05, 0) is 31.2 Å². The van der Waals surface area contributed by atoms with Crippen molar-refractivity contribution in [3.63, 3.8) is 0 Å². The Kier molecular flexibility index (Phi) is 7.89. The normalized spacial score (nSPS) is 10.7. The van der Waals surface area contributed by atoms with Crippen molar-refractivity contribution in [1.29, 1.82) is 0 Å². The van der Waals surface area contributed by atoms with Gasteiger partial charge in [0.05, 0.1) is 32.7 Å². The number of halogens is 1. The molecule has 0 bridgehead atoms. The summed E-state index contributed by atoms with van der Waals surface area (Å²) in [5, 5.41) is 23.3. The number of nitrogens with zero attached hydrogens (tertiary/aromatic N) is 2. The zero-order valence-electron chi connectivity index (χ0n) is 19.7. The molecule has 0 aliphatic heterocycles. The van der Waals surface area contributed by atoms with Crippen molar-refractivity contribution in [3.05, 3.63) is 114 Å². The highest BCUT2D eigenvalue weighted by Crippen LogP contribution is 2.37. The Morgan fingerprint density at radius 1 is 0.921 bits per heavy atom. The first kappa shape index (κ1) is 26.6. The molecule has 1 heterocycles. The Bertz CT molecular complexity index is 1620. The molecule has 4 rings (SSSR count). The summed E-state index contributed by atoms with van der Waals surface area (Å²) >= 11 is 7.03. The van der Waals surface area contributed by atoms with Crippen LogP contribution < -0.4 is 5.43 Å². The number of esters is 1. The van der Waals surface area contributed by atoms with Crippen LogP contribution in [-0.4, -0.2) is 27.4 Å². The molecule has 0 aliphatic rings. The first-order valence-electron chi connectivity index (χ1n) is 11.1. The van der Waals surface area contributed by atoms with Crippen LogP contribution >= 0.6 is 23.4 Å². The lowest BCUT2D eigenvalue weighted by Gasteiger charge is -2.16. The van der Waals surface area contributed by atoms with Crippen molar-refractivity contribution < 1.29 is 19.4 Å². The minimum absolute atomic E-state index is 0.0147. The zero-order chi connectivity index (χ0) is 27.4. The summed E-state index contributed by atoms with van der Waals surface area (Å²) in [6, 6.07) is 17.7. The Labute approximate surface area is 224 Å². The SMILES string of the molecule is CCOC(=O)c1c(-c2cccc([N+](=O)[O-])c2)[nH]c(-c2cccc([N+](=O)[O-])c2)c(Sc2ccc(Cl)cc2)c1=O. The molecule has 0 unspecified atom stereocenters. The highest BCUT2D eigenvalue weighted by molar-refractivity contribution is 7.99. The Hall–Kier alpha value is -4.48. The third-order valence-electron chi connectivity index (χ3n) is 5.36. The number of hydrogen-bond donors (Lipinski definition) is 1. The van der Waals surface area contributed by atoms with Gasteiger partial charge < -0.3 is 9.72 Å². The second kappa shape index (κ2) is 11.3. The fraction of sp³-hybridized carbons (Fsp3) is 0.0769. The molecule has 3 aromatic carbocycles.